The number of sulfonamides is 1. The second kappa shape index (κ2) is 12.1. The molecule has 2 aliphatic heterocycles. The van der Waals surface area contributed by atoms with E-state index in [0.717, 1.165) is 24.9 Å². The zero-order chi connectivity index (χ0) is 27.4. The number of rotatable bonds is 9. The Labute approximate surface area is 238 Å². The first-order chi connectivity index (χ1) is 18.9. The van der Waals surface area contributed by atoms with Crippen molar-refractivity contribution >= 4 is 50.3 Å². The Morgan fingerprint density at radius 2 is 1.85 bits per heavy atom. The van der Waals surface area contributed by atoms with Crippen LogP contribution in [0.15, 0.2) is 70.6 Å². The summed E-state index contributed by atoms with van der Waals surface area (Å²) in [6, 6.07) is 16.5. The van der Waals surface area contributed by atoms with E-state index in [1.54, 1.807) is 45.3 Å². The molecule has 8 nitrogen and oxygen atoms in total. The normalized spacial score (nSPS) is 17.9. The minimum atomic E-state index is -3.62. The van der Waals surface area contributed by atoms with Gasteiger partial charge in [-0.2, -0.15) is 9.40 Å². The Balaban J connectivity index is 1.54. The van der Waals surface area contributed by atoms with Crippen molar-refractivity contribution in [3.63, 3.8) is 0 Å². The van der Waals surface area contributed by atoms with Crippen LogP contribution in [0.1, 0.15) is 31.2 Å². The Kier molecular flexibility index (Phi) is 8.63. The van der Waals surface area contributed by atoms with Crippen molar-refractivity contribution in [2.45, 2.75) is 30.6 Å². The Bertz CT molecular complexity index is 1500. The maximum atomic E-state index is 13.4. The second-order valence-electron chi connectivity index (χ2n) is 9.39. The van der Waals surface area contributed by atoms with Gasteiger partial charge in [-0.25, -0.2) is 13.1 Å². The number of benzene rings is 2. The van der Waals surface area contributed by atoms with E-state index in [0.29, 0.717) is 58.7 Å². The molecule has 0 unspecified atom stereocenters. The summed E-state index contributed by atoms with van der Waals surface area (Å²) in [4.78, 5) is 15.5. The van der Waals surface area contributed by atoms with E-state index >= 15 is 0 Å². The van der Waals surface area contributed by atoms with Crippen LogP contribution in [0.4, 0.5) is 0 Å². The predicted octanol–water partition coefficient (Wildman–Crippen LogP) is 4.95. The number of methoxy groups -OCH3 is 1. The number of para-hydroxylation sites is 1. The highest BCUT2D eigenvalue weighted by molar-refractivity contribution is 8.26. The lowest BCUT2D eigenvalue weighted by atomic mass is 10.1. The van der Waals surface area contributed by atoms with Gasteiger partial charge in [0.1, 0.15) is 10.0 Å². The van der Waals surface area contributed by atoms with Crippen molar-refractivity contribution in [2.24, 2.45) is 0 Å². The molecule has 0 atom stereocenters. The fourth-order valence-corrected chi connectivity index (χ4v) is 7.55. The molecule has 11 heteroatoms. The quantitative estimate of drug-likeness (QED) is 0.201. The largest absolute Gasteiger partial charge is 0.385 e. The first-order valence-corrected chi connectivity index (χ1v) is 15.5. The smallest absolute Gasteiger partial charge is 0.266 e. The highest BCUT2D eigenvalue weighted by Gasteiger charge is 2.32. The molecule has 0 spiro atoms. The van der Waals surface area contributed by atoms with Crippen molar-refractivity contribution in [1.82, 2.24) is 19.0 Å². The van der Waals surface area contributed by atoms with Crippen LogP contribution in [-0.2, 0) is 19.6 Å². The predicted molar refractivity (Wildman–Crippen MR) is 158 cm³/mol. The minimum Gasteiger partial charge on any atom is -0.385 e. The van der Waals surface area contributed by atoms with Crippen LogP contribution >= 0.6 is 24.0 Å². The van der Waals surface area contributed by atoms with Crippen LogP contribution in [-0.4, -0.2) is 71.0 Å². The third kappa shape index (κ3) is 6.02. The number of carbonyl (C=O) groups is 1. The third-order valence-electron chi connectivity index (χ3n) is 6.71. The molecule has 2 saturated heterocycles. The molecule has 3 heterocycles. The highest BCUT2D eigenvalue weighted by Crippen LogP contribution is 2.35. The van der Waals surface area contributed by atoms with Crippen molar-refractivity contribution < 1.29 is 17.9 Å². The minimum absolute atomic E-state index is 0.152. The monoisotopic (exact) mass is 582 g/mol. The summed E-state index contributed by atoms with van der Waals surface area (Å²) in [5.41, 5.74) is 2.79. The van der Waals surface area contributed by atoms with E-state index < -0.39 is 10.0 Å². The van der Waals surface area contributed by atoms with Gasteiger partial charge in [0, 0.05) is 50.7 Å². The first-order valence-electron chi connectivity index (χ1n) is 12.9. The van der Waals surface area contributed by atoms with Crippen molar-refractivity contribution in [3.05, 3.63) is 71.3 Å². The lowest BCUT2D eigenvalue weighted by molar-refractivity contribution is -0.122. The molecule has 39 heavy (non-hydrogen) atoms. The van der Waals surface area contributed by atoms with Gasteiger partial charge in [-0.3, -0.25) is 9.69 Å². The van der Waals surface area contributed by atoms with Gasteiger partial charge in [-0.15, -0.1) is 0 Å². The third-order valence-corrected chi connectivity index (χ3v) is 9.99. The number of hydrogen-bond acceptors (Lipinski definition) is 7. The van der Waals surface area contributed by atoms with Gasteiger partial charge in [0.2, 0.25) is 10.0 Å². The number of aromatic nitrogens is 2. The molecule has 1 amide bonds. The van der Waals surface area contributed by atoms with Crippen LogP contribution in [0, 0.1) is 0 Å². The van der Waals surface area contributed by atoms with E-state index in [-0.39, 0.29) is 10.8 Å². The molecule has 204 valence electrons. The van der Waals surface area contributed by atoms with Gasteiger partial charge in [-0.1, -0.05) is 60.7 Å². The number of hydrogen-bond donors (Lipinski definition) is 0. The zero-order valence-corrected chi connectivity index (χ0v) is 24.1. The maximum absolute atomic E-state index is 13.4. The summed E-state index contributed by atoms with van der Waals surface area (Å²) in [5.74, 6) is -0.152. The SMILES string of the molecule is COCCCN1C(=O)/C(=C/c2cn(-c3ccccc3)nc2-c2cccc(S(=O)(=O)N3CCCCC3)c2)SC1=S. The molecular formula is C28H30N4O4S3. The number of thioether (sulfide) groups is 1. The molecule has 5 rings (SSSR count). The van der Waals surface area contributed by atoms with Crippen LogP contribution in [0.5, 0.6) is 0 Å². The fraction of sp³-hybridized carbons (Fsp3) is 0.321. The van der Waals surface area contributed by atoms with Crippen LogP contribution in [0.3, 0.4) is 0 Å². The standard InChI is InChI=1S/C28H30N4O4S3/c1-36-17-9-16-31-27(33)25(38-28(31)37)19-22-20-32(23-11-4-2-5-12-23)29-26(22)21-10-8-13-24(18-21)39(34,35)30-14-6-3-7-15-30/h2,4-5,8,10-13,18-20H,3,6-7,9,14-17H2,1H3/b25-19-. The summed E-state index contributed by atoms with van der Waals surface area (Å²) in [5, 5.41) is 4.83. The lowest BCUT2D eigenvalue weighted by Gasteiger charge is -2.26. The Morgan fingerprint density at radius 1 is 1.08 bits per heavy atom. The van der Waals surface area contributed by atoms with Crippen molar-refractivity contribution in [2.75, 3.05) is 33.4 Å². The molecule has 3 aromatic rings. The summed E-state index contributed by atoms with van der Waals surface area (Å²) >= 11 is 6.74. The van der Waals surface area contributed by atoms with Gasteiger partial charge >= 0.3 is 0 Å². The van der Waals surface area contributed by atoms with E-state index in [1.807, 2.05) is 42.6 Å². The highest BCUT2D eigenvalue weighted by atomic mass is 32.2. The molecule has 1 aromatic heterocycles. The molecule has 2 aromatic carbocycles. The average molecular weight is 583 g/mol. The lowest BCUT2D eigenvalue weighted by Crippen LogP contribution is -2.35. The topological polar surface area (TPSA) is 84.7 Å². The number of carbonyl (C=O) groups excluding carboxylic acids is 1. The molecule has 0 bridgehead atoms. The number of ether oxygens (including phenoxy) is 1. The van der Waals surface area contributed by atoms with Gasteiger partial charge in [0.15, 0.2) is 0 Å². The number of thiocarbonyl (C=S) groups is 1. The van der Waals surface area contributed by atoms with Gasteiger partial charge in [0.25, 0.3) is 5.91 Å². The van der Waals surface area contributed by atoms with Crippen LogP contribution < -0.4 is 0 Å². The summed E-state index contributed by atoms with van der Waals surface area (Å²) in [6.07, 6.45) is 7.12. The summed E-state index contributed by atoms with van der Waals surface area (Å²) in [7, 11) is -1.99. The van der Waals surface area contributed by atoms with E-state index in [9.17, 15) is 13.2 Å². The zero-order valence-electron chi connectivity index (χ0n) is 21.7. The van der Waals surface area contributed by atoms with E-state index in [2.05, 4.69) is 0 Å². The van der Waals surface area contributed by atoms with Gasteiger partial charge in [0.05, 0.1) is 15.5 Å². The molecule has 0 saturated carbocycles. The van der Waals surface area contributed by atoms with E-state index in [4.69, 9.17) is 22.1 Å². The molecule has 0 N–H and O–H groups in total. The molecular weight excluding hydrogens is 553 g/mol. The van der Waals surface area contributed by atoms with Gasteiger partial charge in [-0.05, 0) is 49.6 Å². The number of piperidine rings is 1. The Hall–Kier alpha value is -2.83. The summed E-state index contributed by atoms with van der Waals surface area (Å²) in [6.45, 7) is 2.10. The van der Waals surface area contributed by atoms with Crippen molar-refractivity contribution in [3.8, 4) is 16.9 Å². The molecule has 2 aliphatic rings. The first kappa shape index (κ1) is 27.7. The molecule has 0 radical (unpaired) electrons. The van der Waals surface area contributed by atoms with Crippen LogP contribution in [0.25, 0.3) is 23.0 Å². The van der Waals surface area contributed by atoms with E-state index in [1.165, 1.54) is 11.8 Å². The average Bonchev–Trinajstić information content (AvgIpc) is 3.50. The maximum Gasteiger partial charge on any atom is 0.266 e. The molecule has 2 fully saturated rings. The summed E-state index contributed by atoms with van der Waals surface area (Å²) < 4.78 is 35.7. The molecule has 0 aliphatic carbocycles. The second-order valence-corrected chi connectivity index (χ2v) is 13.0. The number of amides is 1. The van der Waals surface area contributed by atoms with Crippen LogP contribution in [0.2, 0.25) is 0 Å². The fourth-order valence-electron chi connectivity index (χ4n) is 4.69. The Morgan fingerprint density at radius 3 is 2.59 bits per heavy atom. The van der Waals surface area contributed by atoms with Crippen molar-refractivity contribution in [1.29, 1.82) is 0 Å². The van der Waals surface area contributed by atoms with Gasteiger partial charge < -0.3 is 4.74 Å². The number of nitrogens with zero attached hydrogens (tertiary/aromatic N) is 4.